The maximum absolute atomic E-state index is 13.6. The summed E-state index contributed by atoms with van der Waals surface area (Å²) in [7, 11) is 0. The van der Waals surface area contributed by atoms with Crippen LogP contribution in [-0.2, 0) is 6.42 Å². The van der Waals surface area contributed by atoms with Gasteiger partial charge in [-0.25, -0.2) is 4.39 Å². The first-order chi connectivity index (χ1) is 8.49. The lowest BCUT2D eigenvalue weighted by Crippen LogP contribution is -2.00. The maximum atomic E-state index is 13.6. The largest absolute Gasteiger partial charge is 0.207 e. The molecule has 0 heterocycles. The molecule has 0 fully saturated rings. The summed E-state index contributed by atoms with van der Waals surface area (Å²) in [6.07, 6.45) is 7.41. The van der Waals surface area contributed by atoms with Crippen molar-refractivity contribution in [3.05, 3.63) is 57.9 Å². The average Bonchev–Trinajstić information content (AvgIpc) is 2.28. The first-order valence-electron chi connectivity index (χ1n) is 5.92. The van der Waals surface area contributed by atoms with Crippen molar-refractivity contribution in [1.29, 1.82) is 0 Å². The van der Waals surface area contributed by atoms with Gasteiger partial charge in [-0.15, -0.1) is 0 Å². The second-order valence-electron chi connectivity index (χ2n) is 4.46. The number of halogens is 3. The molecule has 1 unspecified atom stereocenters. The van der Waals surface area contributed by atoms with E-state index in [0.717, 1.165) is 11.5 Å². The summed E-state index contributed by atoms with van der Waals surface area (Å²) in [6.45, 7) is 3.92. The van der Waals surface area contributed by atoms with Gasteiger partial charge in [-0.05, 0) is 49.5 Å². The van der Waals surface area contributed by atoms with Crippen molar-refractivity contribution in [3.63, 3.8) is 0 Å². The standard InChI is InChI=1S/C15H17Cl2F/c1-11(5-3-4-6-12(2)16)9-13-7-8-14(17)10-15(13)18/h3-4,6-8,10-11H,5,9H2,1-2H3/b4-3-,12-6+. The molecule has 0 radical (unpaired) electrons. The predicted molar refractivity (Wildman–Crippen MR) is 77.6 cm³/mol. The van der Waals surface area contributed by atoms with Crippen LogP contribution in [0.2, 0.25) is 5.02 Å². The van der Waals surface area contributed by atoms with Crippen LogP contribution < -0.4 is 0 Å². The summed E-state index contributed by atoms with van der Waals surface area (Å²) >= 11 is 11.4. The van der Waals surface area contributed by atoms with Crippen LogP contribution in [0.3, 0.4) is 0 Å². The fourth-order valence-electron chi connectivity index (χ4n) is 1.66. The molecule has 1 rings (SSSR count). The van der Waals surface area contributed by atoms with E-state index in [-0.39, 0.29) is 5.82 Å². The lowest BCUT2D eigenvalue weighted by Gasteiger charge is -2.09. The van der Waals surface area contributed by atoms with Crippen LogP contribution in [0.25, 0.3) is 0 Å². The molecule has 3 heteroatoms. The Kier molecular flexibility index (Phi) is 6.45. The monoisotopic (exact) mass is 286 g/mol. The van der Waals surface area contributed by atoms with Crippen LogP contribution in [0.1, 0.15) is 25.8 Å². The van der Waals surface area contributed by atoms with Gasteiger partial charge in [-0.1, -0.05) is 48.3 Å². The molecule has 0 spiro atoms. The van der Waals surface area contributed by atoms with Crippen LogP contribution in [0.4, 0.5) is 4.39 Å². The average molecular weight is 287 g/mol. The molecule has 0 saturated carbocycles. The lowest BCUT2D eigenvalue weighted by atomic mass is 9.97. The molecule has 0 aliphatic heterocycles. The van der Waals surface area contributed by atoms with E-state index in [1.807, 2.05) is 25.2 Å². The van der Waals surface area contributed by atoms with Gasteiger partial charge in [0.25, 0.3) is 0 Å². The van der Waals surface area contributed by atoms with Crippen molar-refractivity contribution in [1.82, 2.24) is 0 Å². The molecule has 0 saturated heterocycles. The molecule has 98 valence electrons. The lowest BCUT2D eigenvalue weighted by molar-refractivity contribution is 0.549. The number of hydrogen-bond donors (Lipinski definition) is 0. The summed E-state index contributed by atoms with van der Waals surface area (Å²) < 4.78 is 13.6. The van der Waals surface area contributed by atoms with E-state index in [2.05, 4.69) is 6.92 Å². The van der Waals surface area contributed by atoms with Crippen LogP contribution >= 0.6 is 23.2 Å². The Morgan fingerprint density at radius 1 is 1.44 bits per heavy atom. The summed E-state index contributed by atoms with van der Waals surface area (Å²) in [6, 6.07) is 4.84. The smallest absolute Gasteiger partial charge is 0.127 e. The minimum absolute atomic E-state index is 0.227. The fraction of sp³-hybridized carbons (Fsp3) is 0.333. The highest BCUT2D eigenvalue weighted by Crippen LogP contribution is 2.19. The zero-order valence-electron chi connectivity index (χ0n) is 10.6. The third-order valence-corrected chi connectivity index (χ3v) is 2.94. The van der Waals surface area contributed by atoms with E-state index in [4.69, 9.17) is 23.2 Å². The van der Waals surface area contributed by atoms with Crippen molar-refractivity contribution >= 4 is 23.2 Å². The van der Waals surface area contributed by atoms with Gasteiger partial charge in [0.15, 0.2) is 0 Å². The minimum Gasteiger partial charge on any atom is -0.207 e. The zero-order valence-corrected chi connectivity index (χ0v) is 12.1. The van der Waals surface area contributed by atoms with Crippen molar-refractivity contribution in [2.75, 3.05) is 0 Å². The van der Waals surface area contributed by atoms with Crippen molar-refractivity contribution in [2.24, 2.45) is 5.92 Å². The number of benzene rings is 1. The molecule has 1 atom stereocenters. The first-order valence-corrected chi connectivity index (χ1v) is 6.67. The third-order valence-electron chi connectivity index (χ3n) is 2.58. The first kappa shape index (κ1) is 15.3. The third kappa shape index (κ3) is 5.70. The Balaban J connectivity index is 2.52. The molecular weight excluding hydrogens is 270 g/mol. The molecule has 1 aromatic carbocycles. The van der Waals surface area contributed by atoms with Gasteiger partial charge in [0, 0.05) is 10.1 Å². The van der Waals surface area contributed by atoms with E-state index in [1.54, 1.807) is 12.1 Å². The van der Waals surface area contributed by atoms with Gasteiger partial charge in [0.2, 0.25) is 0 Å². The van der Waals surface area contributed by atoms with Crippen LogP contribution in [0, 0.1) is 11.7 Å². The second-order valence-corrected chi connectivity index (χ2v) is 5.49. The quantitative estimate of drug-likeness (QED) is 0.605. The molecule has 0 N–H and O–H groups in total. The van der Waals surface area contributed by atoms with E-state index < -0.39 is 0 Å². The highest BCUT2D eigenvalue weighted by atomic mass is 35.5. The Hall–Kier alpha value is -0.790. The van der Waals surface area contributed by atoms with Crippen LogP contribution in [0.5, 0.6) is 0 Å². The number of hydrogen-bond acceptors (Lipinski definition) is 0. The van der Waals surface area contributed by atoms with Gasteiger partial charge in [-0.3, -0.25) is 0 Å². The highest BCUT2D eigenvalue weighted by molar-refractivity contribution is 6.30. The van der Waals surface area contributed by atoms with Gasteiger partial charge >= 0.3 is 0 Å². The molecule has 0 nitrogen and oxygen atoms in total. The Morgan fingerprint density at radius 3 is 2.78 bits per heavy atom. The number of allylic oxidation sites excluding steroid dienone is 4. The summed E-state index contributed by atoms with van der Waals surface area (Å²) in [5.74, 6) is 0.149. The van der Waals surface area contributed by atoms with E-state index in [0.29, 0.717) is 22.9 Å². The van der Waals surface area contributed by atoms with Gasteiger partial charge in [0.1, 0.15) is 5.82 Å². The summed E-state index contributed by atoms with van der Waals surface area (Å²) in [4.78, 5) is 0. The summed E-state index contributed by atoms with van der Waals surface area (Å²) in [5.41, 5.74) is 0.712. The van der Waals surface area contributed by atoms with Crippen molar-refractivity contribution < 1.29 is 4.39 Å². The predicted octanol–water partition coefficient (Wildman–Crippen LogP) is 5.75. The topological polar surface area (TPSA) is 0 Å². The number of rotatable bonds is 5. The molecular formula is C15H17Cl2F. The van der Waals surface area contributed by atoms with Gasteiger partial charge in [-0.2, -0.15) is 0 Å². The van der Waals surface area contributed by atoms with Crippen molar-refractivity contribution in [3.8, 4) is 0 Å². The molecule has 18 heavy (non-hydrogen) atoms. The Morgan fingerprint density at radius 2 is 2.17 bits per heavy atom. The molecule has 1 aromatic rings. The molecule has 0 aliphatic carbocycles. The van der Waals surface area contributed by atoms with E-state index in [9.17, 15) is 4.39 Å². The Labute approximate surface area is 118 Å². The maximum Gasteiger partial charge on any atom is 0.127 e. The van der Waals surface area contributed by atoms with Crippen LogP contribution in [-0.4, -0.2) is 0 Å². The SMILES string of the molecule is C/C(Cl)=C\C=C/CC(C)Cc1ccc(Cl)cc1F. The molecule has 0 aliphatic rings. The second kappa shape index (κ2) is 7.60. The molecule has 0 bridgehead atoms. The fourth-order valence-corrected chi connectivity index (χ4v) is 1.89. The summed E-state index contributed by atoms with van der Waals surface area (Å²) in [5, 5.41) is 1.19. The normalized spacial score (nSPS) is 14.2. The van der Waals surface area contributed by atoms with E-state index >= 15 is 0 Å². The van der Waals surface area contributed by atoms with Crippen molar-refractivity contribution in [2.45, 2.75) is 26.7 Å². The van der Waals surface area contributed by atoms with Gasteiger partial charge in [0.05, 0.1) is 0 Å². The van der Waals surface area contributed by atoms with Crippen LogP contribution in [0.15, 0.2) is 41.5 Å². The van der Waals surface area contributed by atoms with E-state index in [1.165, 1.54) is 6.07 Å². The minimum atomic E-state index is -0.227. The molecule has 0 aromatic heterocycles. The van der Waals surface area contributed by atoms with Gasteiger partial charge < -0.3 is 0 Å². The zero-order chi connectivity index (χ0) is 13.5. The highest BCUT2D eigenvalue weighted by Gasteiger charge is 2.07. The Bertz CT molecular complexity index is 446. The molecule has 0 amide bonds.